The summed E-state index contributed by atoms with van der Waals surface area (Å²) in [6.07, 6.45) is 5.82. The summed E-state index contributed by atoms with van der Waals surface area (Å²) in [6.45, 7) is 5.01. The SMILES string of the molecule is O=C1CCC(N2C(=O)c3cc4c(cc3C2=O)CN(CC(=O)N2CC3(CCN(c5ccc([C@@H]6c7ccc(O)cc7CC[C@@H]6c6ccccc6)cc5)CC3)C2)CCC4)C(=O)N1. The van der Waals surface area contributed by atoms with E-state index in [4.69, 9.17) is 0 Å². The van der Waals surface area contributed by atoms with Crippen LogP contribution in [0.5, 0.6) is 5.75 Å². The lowest BCUT2D eigenvalue weighted by Gasteiger charge is -2.54. The van der Waals surface area contributed by atoms with Crippen molar-refractivity contribution < 1.29 is 29.1 Å². The molecule has 4 aromatic rings. The van der Waals surface area contributed by atoms with Crippen molar-refractivity contribution in [1.82, 2.24) is 20.0 Å². The van der Waals surface area contributed by atoms with Crippen molar-refractivity contribution >= 4 is 35.2 Å². The Kier molecular flexibility index (Phi) is 9.38. The Balaban J connectivity index is 0.751. The van der Waals surface area contributed by atoms with Gasteiger partial charge in [-0.2, -0.15) is 0 Å². The number of aryl methyl sites for hydroxylation is 2. The summed E-state index contributed by atoms with van der Waals surface area (Å²) in [7, 11) is 0. The van der Waals surface area contributed by atoms with E-state index in [1.807, 2.05) is 17.0 Å². The lowest BCUT2D eigenvalue weighted by molar-refractivity contribution is -0.146. The van der Waals surface area contributed by atoms with Gasteiger partial charge in [0.15, 0.2) is 0 Å². The minimum atomic E-state index is -0.996. The molecule has 5 amide bonds. The number of hydrogen-bond donors (Lipinski definition) is 2. The van der Waals surface area contributed by atoms with Gasteiger partial charge in [0.05, 0.1) is 17.7 Å². The molecule has 5 heterocycles. The van der Waals surface area contributed by atoms with Gasteiger partial charge in [0.25, 0.3) is 11.8 Å². The highest BCUT2D eigenvalue weighted by atomic mass is 16.3. The molecule has 11 heteroatoms. The number of nitrogens with one attached hydrogen (secondary N) is 1. The molecule has 0 bridgehead atoms. The van der Waals surface area contributed by atoms with Crippen LogP contribution in [-0.4, -0.2) is 94.7 Å². The van der Waals surface area contributed by atoms with Gasteiger partial charge in [0, 0.05) is 56.2 Å². The van der Waals surface area contributed by atoms with E-state index >= 15 is 0 Å². The molecular weight excluding hydrogens is 743 g/mol. The number of rotatable bonds is 6. The largest absolute Gasteiger partial charge is 0.508 e. The summed E-state index contributed by atoms with van der Waals surface area (Å²) in [5, 5.41) is 12.5. The van der Waals surface area contributed by atoms with Gasteiger partial charge in [-0.1, -0.05) is 48.5 Å². The molecule has 0 radical (unpaired) electrons. The molecule has 302 valence electrons. The zero-order chi connectivity index (χ0) is 40.4. The number of phenolic OH excluding ortho intramolecular Hbond substituents is 1. The number of fused-ring (bicyclic) bond motifs is 3. The Bertz CT molecular complexity index is 2360. The number of imide groups is 2. The van der Waals surface area contributed by atoms with Crippen molar-refractivity contribution in [2.75, 3.05) is 44.2 Å². The number of nitrogens with zero attached hydrogens (tertiary/aromatic N) is 4. The van der Waals surface area contributed by atoms with E-state index in [-0.39, 0.29) is 35.6 Å². The molecule has 0 aromatic heterocycles. The number of piperidine rings is 2. The van der Waals surface area contributed by atoms with E-state index in [1.54, 1.807) is 12.1 Å². The smallest absolute Gasteiger partial charge is 0.262 e. The predicted molar refractivity (Wildman–Crippen MR) is 221 cm³/mol. The Morgan fingerprint density at radius 1 is 0.746 bits per heavy atom. The van der Waals surface area contributed by atoms with Gasteiger partial charge in [-0.25, -0.2) is 0 Å². The highest BCUT2D eigenvalue weighted by Crippen LogP contribution is 2.48. The fraction of sp³-hybridized carbons (Fsp3) is 0.396. The first-order valence-electron chi connectivity index (χ1n) is 21.2. The molecule has 0 saturated carbocycles. The number of carbonyl (C=O) groups is 5. The van der Waals surface area contributed by atoms with Gasteiger partial charge in [-0.15, -0.1) is 0 Å². The molecule has 4 aromatic carbocycles. The molecule has 59 heavy (non-hydrogen) atoms. The third kappa shape index (κ3) is 6.79. The van der Waals surface area contributed by atoms with Crippen molar-refractivity contribution in [3.05, 3.63) is 129 Å². The van der Waals surface area contributed by atoms with Crippen LogP contribution in [0.15, 0.2) is 84.9 Å². The second kappa shape index (κ2) is 14.8. The normalized spacial score (nSPS) is 23.9. The van der Waals surface area contributed by atoms with Gasteiger partial charge in [-0.05, 0) is 127 Å². The number of phenols is 1. The summed E-state index contributed by atoms with van der Waals surface area (Å²) in [5.74, 6) is -0.973. The van der Waals surface area contributed by atoms with Crippen molar-refractivity contribution in [2.45, 2.75) is 75.8 Å². The molecule has 3 atom stereocenters. The van der Waals surface area contributed by atoms with Crippen LogP contribution < -0.4 is 10.2 Å². The first kappa shape index (κ1) is 37.5. The summed E-state index contributed by atoms with van der Waals surface area (Å²) in [4.78, 5) is 72.4. The number of aromatic hydroxyl groups is 1. The minimum absolute atomic E-state index is 0.0796. The highest BCUT2D eigenvalue weighted by Gasteiger charge is 2.48. The topological polar surface area (TPSA) is 131 Å². The molecule has 1 spiro atoms. The zero-order valence-corrected chi connectivity index (χ0v) is 33.2. The van der Waals surface area contributed by atoms with Crippen LogP contribution in [0, 0.1) is 5.41 Å². The Morgan fingerprint density at radius 3 is 2.20 bits per heavy atom. The van der Waals surface area contributed by atoms with Crippen LogP contribution in [0.3, 0.4) is 0 Å². The number of anilines is 1. The van der Waals surface area contributed by atoms with Gasteiger partial charge < -0.3 is 14.9 Å². The van der Waals surface area contributed by atoms with E-state index in [9.17, 15) is 29.1 Å². The van der Waals surface area contributed by atoms with Gasteiger partial charge in [-0.3, -0.25) is 39.1 Å². The summed E-state index contributed by atoms with van der Waals surface area (Å²) < 4.78 is 0. The number of amides is 5. The van der Waals surface area contributed by atoms with Crippen molar-refractivity contribution in [1.29, 1.82) is 0 Å². The second-order valence-electron chi connectivity index (χ2n) is 17.7. The molecule has 3 saturated heterocycles. The van der Waals surface area contributed by atoms with Crippen molar-refractivity contribution in [3.63, 3.8) is 0 Å². The average Bonchev–Trinajstić information content (AvgIpc) is 3.33. The number of hydrogen-bond acceptors (Lipinski definition) is 8. The lowest BCUT2D eigenvalue weighted by Crippen LogP contribution is -2.63. The first-order chi connectivity index (χ1) is 28.6. The second-order valence-corrected chi connectivity index (χ2v) is 17.7. The predicted octanol–water partition coefficient (Wildman–Crippen LogP) is 5.53. The molecule has 6 aliphatic rings. The highest BCUT2D eigenvalue weighted by molar-refractivity contribution is 6.23. The quantitative estimate of drug-likeness (QED) is 0.244. The van der Waals surface area contributed by atoms with Crippen LogP contribution in [-0.2, 0) is 33.8 Å². The molecule has 1 unspecified atom stereocenters. The van der Waals surface area contributed by atoms with Crippen molar-refractivity contribution in [2.24, 2.45) is 5.41 Å². The maximum Gasteiger partial charge on any atom is 0.262 e. The van der Waals surface area contributed by atoms with E-state index in [2.05, 4.69) is 75.8 Å². The maximum absolute atomic E-state index is 13.6. The third-order valence-corrected chi connectivity index (χ3v) is 14.1. The maximum atomic E-state index is 13.6. The molecule has 5 aliphatic heterocycles. The number of carbonyl (C=O) groups excluding carboxylic acids is 5. The van der Waals surface area contributed by atoms with Crippen LogP contribution in [0.1, 0.15) is 104 Å². The lowest BCUT2D eigenvalue weighted by atomic mass is 9.69. The zero-order valence-electron chi connectivity index (χ0n) is 33.2. The van der Waals surface area contributed by atoms with E-state index in [0.29, 0.717) is 30.3 Å². The molecular formula is C48H49N5O6. The Morgan fingerprint density at radius 2 is 1.47 bits per heavy atom. The fourth-order valence-electron chi connectivity index (χ4n) is 10.9. The Hall–Kier alpha value is -5.81. The number of likely N-dealkylation sites (tertiary alicyclic amines) is 1. The van der Waals surface area contributed by atoms with E-state index in [0.717, 1.165) is 87.3 Å². The summed E-state index contributed by atoms with van der Waals surface area (Å²) in [6, 6.07) is 28.4. The molecule has 3 fully saturated rings. The molecule has 2 N–H and O–H groups in total. The first-order valence-corrected chi connectivity index (χ1v) is 21.2. The summed E-state index contributed by atoms with van der Waals surface area (Å²) >= 11 is 0. The molecule has 10 rings (SSSR count). The average molecular weight is 792 g/mol. The Labute approximate surface area is 344 Å². The van der Waals surface area contributed by atoms with Crippen molar-refractivity contribution in [3.8, 4) is 5.75 Å². The van der Waals surface area contributed by atoms with E-state index in [1.165, 1.54) is 27.9 Å². The minimum Gasteiger partial charge on any atom is -0.508 e. The molecule has 1 aliphatic carbocycles. The standard InChI is InChI=1S/C48H49N5O6/c54-36-13-15-38-33(23-36)10-14-37(30-5-2-1-3-6-30)44(38)31-8-11-35(12-9-31)51-21-18-48(19-22-51)28-52(29-48)43(56)27-50-20-4-7-32-24-39-40(25-34(32)26-50)47(59)53(46(39)58)41-16-17-42(55)49-45(41)57/h1-3,5-6,8-9,11-13,15,23-25,37,41,44,54H,4,7,10,14,16-22,26-29H2,(H,49,55,57)/t37-,41?,44+/m1/s1. The van der Waals surface area contributed by atoms with Gasteiger partial charge in [0.2, 0.25) is 17.7 Å². The van der Waals surface area contributed by atoms with Crippen LogP contribution >= 0.6 is 0 Å². The monoisotopic (exact) mass is 791 g/mol. The third-order valence-electron chi connectivity index (χ3n) is 14.1. The summed E-state index contributed by atoms with van der Waals surface area (Å²) in [5.41, 5.74) is 9.09. The van der Waals surface area contributed by atoms with Gasteiger partial charge in [0.1, 0.15) is 11.8 Å². The van der Waals surface area contributed by atoms with Crippen LogP contribution in [0.2, 0.25) is 0 Å². The fourth-order valence-corrected chi connectivity index (χ4v) is 10.9. The molecule has 11 nitrogen and oxygen atoms in total. The van der Waals surface area contributed by atoms with Gasteiger partial charge >= 0.3 is 0 Å². The number of benzene rings is 4. The van der Waals surface area contributed by atoms with Crippen LogP contribution in [0.4, 0.5) is 5.69 Å². The van der Waals surface area contributed by atoms with E-state index < -0.39 is 29.7 Å². The van der Waals surface area contributed by atoms with Crippen LogP contribution in [0.25, 0.3) is 0 Å².